The van der Waals surface area contributed by atoms with Crippen molar-refractivity contribution in [1.29, 1.82) is 0 Å². The second kappa shape index (κ2) is 4.08. The Morgan fingerprint density at radius 2 is 2.00 bits per heavy atom. The van der Waals surface area contributed by atoms with Gasteiger partial charge < -0.3 is 5.11 Å². The van der Waals surface area contributed by atoms with Gasteiger partial charge in [-0.15, -0.1) is 0 Å². The van der Waals surface area contributed by atoms with Gasteiger partial charge in [0.15, 0.2) is 0 Å². The Hall–Kier alpha value is -1.65. The van der Waals surface area contributed by atoms with Crippen LogP contribution in [0, 0.1) is 5.41 Å². The van der Waals surface area contributed by atoms with Crippen molar-refractivity contribution in [3.63, 3.8) is 0 Å². The Labute approximate surface area is 93.7 Å². The van der Waals surface area contributed by atoms with Crippen LogP contribution in [0.4, 0.5) is 0 Å². The molecule has 2 amide bonds. The topological polar surface area (TPSA) is 74.7 Å². The third-order valence-electron chi connectivity index (χ3n) is 2.40. The summed E-state index contributed by atoms with van der Waals surface area (Å²) in [6.07, 6.45) is 1.20. The van der Waals surface area contributed by atoms with Crippen LogP contribution in [-0.2, 0) is 14.4 Å². The largest absolute Gasteiger partial charge is 0.481 e. The fourth-order valence-corrected chi connectivity index (χ4v) is 1.68. The van der Waals surface area contributed by atoms with Crippen LogP contribution in [-0.4, -0.2) is 34.3 Å². The van der Waals surface area contributed by atoms with Crippen molar-refractivity contribution in [1.82, 2.24) is 4.90 Å². The van der Waals surface area contributed by atoms with Crippen molar-refractivity contribution < 1.29 is 19.5 Å². The number of nitrogens with zero attached hydrogens (tertiary/aromatic N) is 1. The fourth-order valence-electron chi connectivity index (χ4n) is 1.68. The van der Waals surface area contributed by atoms with E-state index < -0.39 is 11.4 Å². The smallest absolute Gasteiger partial charge is 0.303 e. The van der Waals surface area contributed by atoms with Crippen molar-refractivity contribution in [2.45, 2.75) is 27.2 Å². The zero-order valence-corrected chi connectivity index (χ0v) is 9.61. The maximum absolute atomic E-state index is 11.6. The fraction of sp³-hybridized carbons (Fsp3) is 0.545. The molecular weight excluding hydrogens is 210 g/mol. The van der Waals surface area contributed by atoms with Gasteiger partial charge in [0.25, 0.3) is 11.8 Å². The molecule has 5 heteroatoms. The molecule has 1 aliphatic heterocycles. The Morgan fingerprint density at radius 3 is 2.38 bits per heavy atom. The van der Waals surface area contributed by atoms with Gasteiger partial charge in [0.2, 0.25) is 0 Å². The number of rotatable bonds is 4. The zero-order chi connectivity index (χ0) is 12.5. The summed E-state index contributed by atoms with van der Waals surface area (Å²) >= 11 is 0. The summed E-state index contributed by atoms with van der Waals surface area (Å²) in [6, 6.07) is 0. The number of imide groups is 1. The van der Waals surface area contributed by atoms with Crippen LogP contribution in [0.1, 0.15) is 27.2 Å². The highest BCUT2D eigenvalue weighted by molar-refractivity contribution is 6.15. The molecule has 0 aromatic carbocycles. The highest BCUT2D eigenvalue weighted by Gasteiger charge is 2.34. The standard InChI is InChI=1S/C11H15NO4/c1-7-4-8(13)12(10(7)16)6-11(2,3)5-9(14)15/h4H,5-6H2,1-3H3,(H,14,15). The normalized spacial score (nSPS) is 16.7. The molecule has 0 spiro atoms. The van der Waals surface area contributed by atoms with Gasteiger partial charge >= 0.3 is 5.97 Å². The van der Waals surface area contributed by atoms with Crippen molar-refractivity contribution in [3.05, 3.63) is 11.6 Å². The minimum Gasteiger partial charge on any atom is -0.481 e. The maximum Gasteiger partial charge on any atom is 0.303 e. The molecule has 0 radical (unpaired) electrons. The SMILES string of the molecule is CC1=CC(=O)N(CC(C)(C)CC(=O)O)C1=O. The average Bonchev–Trinajstić information content (AvgIpc) is 2.29. The van der Waals surface area contributed by atoms with Crippen LogP contribution in [0.3, 0.4) is 0 Å². The molecule has 1 rings (SSSR count). The van der Waals surface area contributed by atoms with Crippen LogP contribution in [0.2, 0.25) is 0 Å². The predicted octanol–water partition coefficient (Wildman–Crippen LogP) is 0.802. The molecule has 0 aromatic heterocycles. The zero-order valence-electron chi connectivity index (χ0n) is 9.61. The molecular formula is C11H15NO4. The van der Waals surface area contributed by atoms with Gasteiger partial charge in [-0.1, -0.05) is 13.8 Å². The first kappa shape index (κ1) is 12.4. The van der Waals surface area contributed by atoms with Crippen LogP contribution in [0.25, 0.3) is 0 Å². The van der Waals surface area contributed by atoms with Gasteiger partial charge in [-0.25, -0.2) is 0 Å². The summed E-state index contributed by atoms with van der Waals surface area (Å²) < 4.78 is 0. The predicted molar refractivity (Wildman–Crippen MR) is 56.5 cm³/mol. The monoisotopic (exact) mass is 225 g/mol. The Kier molecular flexibility index (Phi) is 3.16. The summed E-state index contributed by atoms with van der Waals surface area (Å²) in [5.74, 6) is -1.63. The minimum absolute atomic E-state index is 0.0803. The van der Waals surface area contributed by atoms with Crippen LogP contribution < -0.4 is 0 Å². The number of carboxylic acid groups (broad SMARTS) is 1. The molecule has 1 heterocycles. The number of carbonyl (C=O) groups is 3. The molecule has 1 aliphatic rings. The highest BCUT2D eigenvalue weighted by Crippen LogP contribution is 2.25. The molecule has 1 N–H and O–H groups in total. The summed E-state index contributed by atoms with van der Waals surface area (Å²) in [5.41, 5.74) is -0.216. The highest BCUT2D eigenvalue weighted by atomic mass is 16.4. The van der Waals surface area contributed by atoms with E-state index in [1.54, 1.807) is 20.8 Å². The van der Waals surface area contributed by atoms with E-state index in [9.17, 15) is 14.4 Å². The third-order valence-corrected chi connectivity index (χ3v) is 2.40. The Bertz CT molecular complexity index is 381. The second-order valence-corrected chi connectivity index (χ2v) is 4.79. The van der Waals surface area contributed by atoms with E-state index in [0.717, 1.165) is 4.90 Å². The van der Waals surface area contributed by atoms with Gasteiger partial charge in [0.05, 0.1) is 6.42 Å². The van der Waals surface area contributed by atoms with E-state index in [1.165, 1.54) is 6.08 Å². The Morgan fingerprint density at radius 1 is 1.44 bits per heavy atom. The molecule has 0 bridgehead atoms. The average molecular weight is 225 g/mol. The first-order chi connectivity index (χ1) is 7.23. The van der Waals surface area contributed by atoms with Crippen molar-refractivity contribution in [3.8, 4) is 0 Å². The van der Waals surface area contributed by atoms with E-state index in [-0.39, 0.29) is 24.8 Å². The molecule has 0 saturated heterocycles. The lowest BCUT2D eigenvalue weighted by atomic mass is 9.89. The molecule has 0 saturated carbocycles. The van der Waals surface area contributed by atoms with E-state index in [1.807, 2.05) is 0 Å². The van der Waals surface area contributed by atoms with Crippen LogP contribution in [0.15, 0.2) is 11.6 Å². The number of amides is 2. The summed E-state index contributed by atoms with van der Waals surface area (Å²) in [4.78, 5) is 34.7. The number of hydrogen-bond donors (Lipinski definition) is 1. The lowest BCUT2D eigenvalue weighted by Gasteiger charge is -2.27. The molecule has 88 valence electrons. The van der Waals surface area contributed by atoms with Crippen LogP contribution in [0.5, 0.6) is 0 Å². The third kappa shape index (κ3) is 2.68. The van der Waals surface area contributed by atoms with Crippen molar-refractivity contribution in [2.24, 2.45) is 5.41 Å². The molecule has 0 fully saturated rings. The first-order valence-corrected chi connectivity index (χ1v) is 4.99. The minimum atomic E-state index is -0.936. The summed E-state index contributed by atoms with van der Waals surface area (Å²) in [5, 5.41) is 8.71. The maximum atomic E-state index is 11.6. The lowest BCUT2D eigenvalue weighted by Crippen LogP contribution is -2.39. The van der Waals surface area contributed by atoms with E-state index >= 15 is 0 Å². The van der Waals surface area contributed by atoms with Gasteiger partial charge in [-0.3, -0.25) is 19.3 Å². The summed E-state index contributed by atoms with van der Waals surface area (Å²) in [7, 11) is 0. The molecule has 5 nitrogen and oxygen atoms in total. The van der Waals surface area contributed by atoms with Gasteiger partial charge in [0.1, 0.15) is 0 Å². The number of aliphatic carboxylic acids is 1. The molecule has 0 atom stereocenters. The summed E-state index contributed by atoms with van der Waals surface area (Å²) in [6.45, 7) is 5.14. The van der Waals surface area contributed by atoms with E-state index in [0.29, 0.717) is 5.57 Å². The first-order valence-electron chi connectivity index (χ1n) is 4.99. The molecule has 0 unspecified atom stereocenters. The lowest BCUT2D eigenvalue weighted by molar-refractivity contribution is -0.144. The number of hydrogen-bond acceptors (Lipinski definition) is 3. The van der Waals surface area contributed by atoms with Gasteiger partial charge in [-0.2, -0.15) is 0 Å². The van der Waals surface area contributed by atoms with E-state index in [4.69, 9.17) is 5.11 Å². The van der Waals surface area contributed by atoms with E-state index in [2.05, 4.69) is 0 Å². The van der Waals surface area contributed by atoms with Gasteiger partial charge in [-0.05, 0) is 12.3 Å². The van der Waals surface area contributed by atoms with Crippen LogP contribution >= 0.6 is 0 Å². The molecule has 0 aliphatic carbocycles. The second-order valence-electron chi connectivity index (χ2n) is 4.79. The quantitative estimate of drug-likeness (QED) is 0.718. The van der Waals surface area contributed by atoms with Gasteiger partial charge in [0, 0.05) is 18.2 Å². The van der Waals surface area contributed by atoms with Crippen molar-refractivity contribution >= 4 is 17.8 Å². The number of carboxylic acids is 1. The molecule has 16 heavy (non-hydrogen) atoms. The van der Waals surface area contributed by atoms with Crippen molar-refractivity contribution in [2.75, 3.05) is 6.54 Å². The Balaban J connectivity index is 2.72. The number of carbonyl (C=O) groups excluding carboxylic acids is 2. The molecule has 0 aromatic rings.